The van der Waals surface area contributed by atoms with Gasteiger partial charge in [0.1, 0.15) is 0 Å². The maximum absolute atomic E-state index is 12.2. The van der Waals surface area contributed by atoms with Gasteiger partial charge in [0.25, 0.3) is 0 Å². The molecule has 6 nitrogen and oxygen atoms in total. The molecule has 2 rings (SSSR count). The summed E-state index contributed by atoms with van der Waals surface area (Å²) in [6, 6.07) is 7.25. The number of nitrogens with zero attached hydrogens (tertiary/aromatic N) is 1. The van der Waals surface area contributed by atoms with Gasteiger partial charge in [0.2, 0.25) is 5.91 Å². The molecule has 23 heavy (non-hydrogen) atoms. The second kappa shape index (κ2) is 8.17. The minimum Gasteiger partial charge on any atom is -0.336 e. The normalized spacial score (nSPS) is 20.9. The summed E-state index contributed by atoms with van der Waals surface area (Å²) < 4.78 is 0. The van der Waals surface area contributed by atoms with Crippen LogP contribution in [0.5, 0.6) is 0 Å². The van der Waals surface area contributed by atoms with Crippen molar-refractivity contribution in [2.75, 3.05) is 19.6 Å². The van der Waals surface area contributed by atoms with Gasteiger partial charge in [-0.15, -0.1) is 0 Å². The Morgan fingerprint density at radius 1 is 1.26 bits per heavy atom. The highest BCUT2D eigenvalue weighted by molar-refractivity contribution is 6.30. The predicted octanol–water partition coefficient (Wildman–Crippen LogP) is 1.35. The Labute approximate surface area is 141 Å². The highest BCUT2D eigenvalue weighted by atomic mass is 35.5. The van der Waals surface area contributed by atoms with Crippen LogP contribution in [0.1, 0.15) is 19.4 Å². The third-order valence-electron chi connectivity index (χ3n) is 4.12. The number of hydrogen-bond acceptors (Lipinski definition) is 3. The monoisotopic (exact) mass is 338 g/mol. The molecule has 1 aliphatic heterocycles. The van der Waals surface area contributed by atoms with Crippen molar-refractivity contribution in [3.8, 4) is 0 Å². The first-order valence-corrected chi connectivity index (χ1v) is 8.14. The minimum absolute atomic E-state index is 0.00348. The Hall–Kier alpha value is -1.79. The average Bonchev–Trinajstić information content (AvgIpc) is 2.54. The SMILES string of the molecule is CC1NCCN(C(=O)CNC(=O)NCc2ccc(Cl)cc2)C1C. The molecule has 3 N–H and O–H groups in total. The lowest BCUT2D eigenvalue weighted by molar-refractivity contribution is -0.133. The molecule has 126 valence electrons. The number of benzene rings is 1. The molecule has 3 amide bonds. The van der Waals surface area contributed by atoms with E-state index >= 15 is 0 Å². The standard InChI is InChI=1S/C16H23ClN4O2/c1-11-12(2)21(8-7-18-11)15(22)10-20-16(23)19-9-13-3-5-14(17)6-4-13/h3-6,11-12,18H,7-10H2,1-2H3,(H2,19,20,23). The van der Waals surface area contributed by atoms with Crippen LogP contribution in [0.2, 0.25) is 5.02 Å². The number of hydrogen-bond donors (Lipinski definition) is 3. The van der Waals surface area contributed by atoms with Crippen molar-refractivity contribution in [3.05, 3.63) is 34.9 Å². The molecule has 0 aromatic heterocycles. The zero-order chi connectivity index (χ0) is 16.8. The Morgan fingerprint density at radius 3 is 2.65 bits per heavy atom. The molecule has 0 spiro atoms. The van der Waals surface area contributed by atoms with Gasteiger partial charge >= 0.3 is 6.03 Å². The molecule has 1 aliphatic rings. The molecule has 0 bridgehead atoms. The van der Waals surface area contributed by atoms with Crippen molar-refractivity contribution in [2.45, 2.75) is 32.5 Å². The van der Waals surface area contributed by atoms with Gasteiger partial charge in [-0.2, -0.15) is 0 Å². The average molecular weight is 339 g/mol. The molecule has 0 radical (unpaired) electrons. The molecular weight excluding hydrogens is 316 g/mol. The number of piperazine rings is 1. The third-order valence-corrected chi connectivity index (χ3v) is 4.37. The quantitative estimate of drug-likeness (QED) is 0.776. The summed E-state index contributed by atoms with van der Waals surface area (Å²) in [6.07, 6.45) is 0. The number of halogens is 1. The van der Waals surface area contributed by atoms with Crippen molar-refractivity contribution >= 4 is 23.5 Å². The van der Waals surface area contributed by atoms with Crippen LogP contribution in [0.25, 0.3) is 0 Å². The molecule has 1 aromatic carbocycles. The molecule has 1 heterocycles. The number of rotatable bonds is 4. The Balaban J connectivity index is 1.73. The van der Waals surface area contributed by atoms with Gasteiger partial charge in [-0.25, -0.2) is 4.79 Å². The summed E-state index contributed by atoms with van der Waals surface area (Å²) in [5, 5.41) is 9.31. The number of nitrogens with one attached hydrogen (secondary N) is 3. The van der Waals surface area contributed by atoms with Crippen LogP contribution in [0.15, 0.2) is 24.3 Å². The zero-order valence-electron chi connectivity index (χ0n) is 13.4. The molecule has 7 heteroatoms. The smallest absolute Gasteiger partial charge is 0.315 e. The molecule has 0 aliphatic carbocycles. The summed E-state index contributed by atoms with van der Waals surface area (Å²) in [5.74, 6) is -0.0625. The van der Waals surface area contributed by atoms with Gasteiger partial charge in [0.15, 0.2) is 0 Å². The van der Waals surface area contributed by atoms with Gasteiger partial charge in [0, 0.05) is 36.7 Å². The molecule has 0 saturated carbocycles. The number of urea groups is 1. The number of carbonyl (C=O) groups excluding carboxylic acids is 2. The molecular formula is C16H23ClN4O2. The summed E-state index contributed by atoms with van der Waals surface area (Å²) in [5.41, 5.74) is 0.945. The highest BCUT2D eigenvalue weighted by Gasteiger charge is 2.27. The van der Waals surface area contributed by atoms with E-state index < -0.39 is 0 Å². The van der Waals surface area contributed by atoms with E-state index in [4.69, 9.17) is 11.6 Å². The minimum atomic E-state index is -0.357. The first kappa shape index (κ1) is 17.6. The van der Waals surface area contributed by atoms with E-state index in [0.717, 1.165) is 12.1 Å². The fourth-order valence-electron chi connectivity index (χ4n) is 2.51. The lowest BCUT2D eigenvalue weighted by atomic mass is 10.1. The van der Waals surface area contributed by atoms with Crippen molar-refractivity contribution in [1.82, 2.24) is 20.9 Å². The van der Waals surface area contributed by atoms with Crippen molar-refractivity contribution in [3.63, 3.8) is 0 Å². The molecule has 1 saturated heterocycles. The largest absolute Gasteiger partial charge is 0.336 e. The second-order valence-corrected chi connectivity index (χ2v) is 6.17. The Kier molecular flexibility index (Phi) is 6.24. The van der Waals surface area contributed by atoms with E-state index in [1.807, 2.05) is 19.1 Å². The number of amides is 3. The van der Waals surface area contributed by atoms with Crippen LogP contribution < -0.4 is 16.0 Å². The van der Waals surface area contributed by atoms with Crippen LogP contribution in [-0.4, -0.2) is 48.6 Å². The van der Waals surface area contributed by atoms with Gasteiger partial charge in [-0.1, -0.05) is 23.7 Å². The maximum atomic E-state index is 12.2. The van der Waals surface area contributed by atoms with Gasteiger partial charge in [-0.05, 0) is 31.5 Å². The van der Waals surface area contributed by atoms with Crippen molar-refractivity contribution in [1.29, 1.82) is 0 Å². The molecule has 2 unspecified atom stereocenters. The van der Waals surface area contributed by atoms with E-state index in [1.54, 1.807) is 17.0 Å². The van der Waals surface area contributed by atoms with Gasteiger partial charge in [0.05, 0.1) is 6.54 Å². The van der Waals surface area contributed by atoms with Gasteiger partial charge < -0.3 is 20.9 Å². The Morgan fingerprint density at radius 2 is 1.96 bits per heavy atom. The van der Waals surface area contributed by atoms with Crippen LogP contribution >= 0.6 is 11.6 Å². The summed E-state index contributed by atoms with van der Waals surface area (Å²) in [6.45, 7) is 5.89. The lowest BCUT2D eigenvalue weighted by Gasteiger charge is -2.38. The maximum Gasteiger partial charge on any atom is 0.315 e. The van der Waals surface area contributed by atoms with E-state index in [-0.39, 0.29) is 30.6 Å². The first-order chi connectivity index (χ1) is 11.0. The topological polar surface area (TPSA) is 73.5 Å². The van der Waals surface area contributed by atoms with E-state index in [2.05, 4.69) is 22.9 Å². The fraction of sp³-hybridized carbons (Fsp3) is 0.500. The van der Waals surface area contributed by atoms with Crippen LogP contribution in [-0.2, 0) is 11.3 Å². The first-order valence-electron chi connectivity index (χ1n) is 7.76. The van der Waals surface area contributed by atoms with E-state index in [9.17, 15) is 9.59 Å². The van der Waals surface area contributed by atoms with Crippen LogP contribution in [0, 0.1) is 0 Å². The van der Waals surface area contributed by atoms with E-state index in [0.29, 0.717) is 18.1 Å². The molecule has 1 aromatic rings. The molecule has 1 fully saturated rings. The van der Waals surface area contributed by atoms with Crippen LogP contribution in [0.4, 0.5) is 4.79 Å². The lowest BCUT2D eigenvalue weighted by Crippen LogP contribution is -2.59. The second-order valence-electron chi connectivity index (χ2n) is 5.73. The summed E-state index contributed by atoms with van der Waals surface area (Å²) >= 11 is 5.81. The molecule has 2 atom stereocenters. The van der Waals surface area contributed by atoms with Crippen molar-refractivity contribution in [2.24, 2.45) is 0 Å². The van der Waals surface area contributed by atoms with Crippen molar-refractivity contribution < 1.29 is 9.59 Å². The van der Waals surface area contributed by atoms with Gasteiger partial charge in [-0.3, -0.25) is 4.79 Å². The third kappa shape index (κ3) is 5.11. The zero-order valence-corrected chi connectivity index (χ0v) is 14.2. The highest BCUT2D eigenvalue weighted by Crippen LogP contribution is 2.09. The fourth-order valence-corrected chi connectivity index (χ4v) is 2.64. The predicted molar refractivity (Wildman–Crippen MR) is 90.3 cm³/mol. The summed E-state index contributed by atoms with van der Waals surface area (Å²) in [4.78, 5) is 25.8. The van der Waals surface area contributed by atoms with Crippen LogP contribution in [0.3, 0.4) is 0 Å². The van der Waals surface area contributed by atoms with E-state index in [1.165, 1.54) is 0 Å². The Bertz CT molecular complexity index is 550. The summed E-state index contributed by atoms with van der Waals surface area (Å²) in [7, 11) is 0. The number of carbonyl (C=O) groups is 2.